The molecule has 0 unspecified atom stereocenters. The summed E-state index contributed by atoms with van der Waals surface area (Å²) in [5.41, 5.74) is 11.0. The summed E-state index contributed by atoms with van der Waals surface area (Å²) >= 11 is 3.63. The lowest BCUT2D eigenvalue weighted by Gasteiger charge is -2.13. The van der Waals surface area contributed by atoms with E-state index in [4.69, 9.17) is 15.0 Å². The van der Waals surface area contributed by atoms with Crippen LogP contribution in [0.3, 0.4) is 0 Å². The van der Waals surface area contributed by atoms with Gasteiger partial charge in [-0.05, 0) is 64.7 Å². The predicted octanol–water partition coefficient (Wildman–Crippen LogP) is 16.0. The van der Waals surface area contributed by atoms with Gasteiger partial charge in [0.05, 0.1) is 11.0 Å². The molecule has 0 atom stereocenters. The van der Waals surface area contributed by atoms with Gasteiger partial charge in [-0.15, -0.1) is 22.7 Å². The number of aromatic nitrogens is 4. The van der Waals surface area contributed by atoms with Crippen LogP contribution in [0.15, 0.2) is 206 Å². The van der Waals surface area contributed by atoms with Gasteiger partial charge in [-0.3, -0.25) is 0 Å². The number of hydrogen-bond donors (Lipinski definition) is 0. The van der Waals surface area contributed by atoms with Crippen LogP contribution >= 0.6 is 22.7 Å². The Morgan fingerprint density at radius 3 is 1.63 bits per heavy atom. The smallest absolute Gasteiger partial charge is 0.165 e. The third-order valence-corrected chi connectivity index (χ3v) is 14.7. The van der Waals surface area contributed by atoms with Crippen LogP contribution < -0.4 is 0 Å². The maximum absolute atomic E-state index is 5.51. The highest BCUT2D eigenvalue weighted by Crippen LogP contribution is 2.47. The number of fused-ring (bicyclic) bond motifs is 9. The minimum Gasteiger partial charge on any atom is -0.309 e. The van der Waals surface area contributed by atoms with E-state index < -0.39 is 0 Å². The second kappa shape index (κ2) is 14.4. The molecule has 63 heavy (non-hydrogen) atoms. The highest BCUT2D eigenvalue weighted by Gasteiger charge is 2.23. The van der Waals surface area contributed by atoms with Crippen molar-refractivity contribution >= 4 is 84.8 Å². The van der Waals surface area contributed by atoms with Crippen molar-refractivity contribution in [3.8, 4) is 62.1 Å². The summed E-state index contributed by atoms with van der Waals surface area (Å²) in [5, 5.41) is 7.18. The van der Waals surface area contributed by atoms with Gasteiger partial charge in [0.15, 0.2) is 17.5 Å². The van der Waals surface area contributed by atoms with Gasteiger partial charge in [-0.2, -0.15) is 0 Å². The van der Waals surface area contributed by atoms with Crippen molar-refractivity contribution in [1.82, 2.24) is 19.5 Å². The lowest BCUT2D eigenvalue weighted by Crippen LogP contribution is -2.01. The predicted molar refractivity (Wildman–Crippen MR) is 267 cm³/mol. The Bertz CT molecular complexity index is 3870. The summed E-state index contributed by atoms with van der Waals surface area (Å²) in [5.74, 6) is 1.94. The molecule has 0 N–H and O–H groups in total. The molecule has 4 aromatic heterocycles. The first kappa shape index (κ1) is 35.9. The molecule has 13 aromatic rings. The Labute approximate surface area is 370 Å². The van der Waals surface area contributed by atoms with E-state index in [1.807, 2.05) is 29.5 Å². The highest BCUT2D eigenvalue weighted by molar-refractivity contribution is 7.27. The molecule has 0 spiro atoms. The van der Waals surface area contributed by atoms with Crippen molar-refractivity contribution in [2.24, 2.45) is 0 Å². The summed E-state index contributed by atoms with van der Waals surface area (Å²) in [4.78, 5) is 16.2. The van der Waals surface area contributed by atoms with E-state index in [9.17, 15) is 0 Å². The second-order valence-corrected chi connectivity index (χ2v) is 18.0. The van der Waals surface area contributed by atoms with Gasteiger partial charge in [0.2, 0.25) is 0 Å². The van der Waals surface area contributed by atoms with Gasteiger partial charge in [0.25, 0.3) is 0 Å². The fourth-order valence-corrected chi connectivity index (χ4v) is 11.9. The van der Waals surface area contributed by atoms with E-state index in [-0.39, 0.29) is 0 Å². The molecule has 294 valence electrons. The maximum atomic E-state index is 5.51. The average molecular weight is 839 g/mol. The van der Waals surface area contributed by atoms with Crippen LogP contribution in [0, 0.1) is 0 Å². The van der Waals surface area contributed by atoms with Gasteiger partial charge >= 0.3 is 0 Å². The van der Waals surface area contributed by atoms with Crippen LogP contribution in [0.1, 0.15) is 0 Å². The molecule has 0 aliphatic carbocycles. The van der Waals surface area contributed by atoms with Gasteiger partial charge < -0.3 is 4.57 Å². The zero-order valence-corrected chi connectivity index (χ0v) is 35.4. The molecule has 6 heteroatoms. The molecule has 4 nitrogen and oxygen atoms in total. The quantitative estimate of drug-likeness (QED) is 0.168. The third kappa shape index (κ3) is 5.83. The molecule has 0 aliphatic heterocycles. The lowest BCUT2D eigenvalue weighted by atomic mass is 9.97. The fraction of sp³-hybridized carbons (Fsp3) is 0. The largest absolute Gasteiger partial charge is 0.309 e. The molecule has 0 saturated heterocycles. The molecule has 0 bridgehead atoms. The molecule has 0 fully saturated rings. The average Bonchev–Trinajstić information content (AvgIpc) is 4.04. The van der Waals surface area contributed by atoms with E-state index in [1.165, 1.54) is 68.7 Å². The summed E-state index contributed by atoms with van der Waals surface area (Å²) in [6, 6.07) is 73.8. The van der Waals surface area contributed by atoms with Gasteiger partial charge in [0, 0.05) is 73.5 Å². The Hall–Kier alpha value is -7.77. The Morgan fingerprint density at radius 2 is 0.857 bits per heavy atom. The molecule has 4 heterocycles. The number of nitrogens with zero attached hydrogens (tertiary/aromatic N) is 4. The molecule has 13 rings (SSSR count). The molecule has 0 aliphatic rings. The zero-order valence-electron chi connectivity index (χ0n) is 33.7. The van der Waals surface area contributed by atoms with Crippen molar-refractivity contribution in [2.45, 2.75) is 0 Å². The summed E-state index contributed by atoms with van der Waals surface area (Å²) in [7, 11) is 0. The molecule has 0 amide bonds. The normalized spacial score (nSPS) is 11.8. The van der Waals surface area contributed by atoms with E-state index in [0.29, 0.717) is 17.5 Å². The van der Waals surface area contributed by atoms with Gasteiger partial charge in [0.1, 0.15) is 0 Å². The lowest BCUT2D eigenvalue weighted by molar-refractivity contribution is 1.08. The first-order valence-corrected chi connectivity index (χ1v) is 22.7. The van der Waals surface area contributed by atoms with Crippen molar-refractivity contribution in [1.29, 1.82) is 0 Å². The summed E-state index contributed by atoms with van der Waals surface area (Å²) in [6.45, 7) is 0. The molecule has 9 aromatic carbocycles. The van der Waals surface area contributed by atoms with Crippen molar-refractivity contribution in [3.05, 3.63) is 206 Å². The standard InChI is InChI=1S/C57H34N4S2/c1-3-16-35(17-4-1)37-20-13-21-38(32-37)40-25-14-26-43-46-33-39(61-48-28-10-7-22-41(48)42-23-8-11-29-49(42)61)34-47(54(46)63-53(40)43)57-59-55(36-18-5-2-6-19-36)58-56(60-57)45-27-15-31-51-52(45)44-24-9-12-30-50(44)62-51/h1-34H. The third-order valence-electron chi connectivity index (χ3n) is 12.3. The summed E-state index contributed by atoms with van der Waals surface area (Å²) < 4.78 is 7.22. The zero-order chi connectivity index (χ0) is 41.4. The Morgan fingerprint density at radius 1 is 0.317 bits per heavy atom. The molecule has 0 saturated carbocycles. The van der Waals surface area contributed by atoms with Crippen LogP contribution in [-0.2, 0) is 0 Å². The summed E-state index contributed by atoms with van der Waals surface area (Å²) in [6.07, 6.45) is 0. The number of benzene rings is 9. The fourth-order valence-electron chi connectivity index (χ4n) is 9.40. The van der Waals surface area contributed by atoms with Crippen LogP contribution in [0.5, 0.6) is 0 Å². The molecule has 0 radical (unpaired) electrons. The number of rotatable bonds is 6. The van der Waals surface area contributed by atoms with Crippen LogP contribution in [0.25, 0.3) is 124 Å². The van der Waals surface area contributed by atoms with E-state index in [1.54, 1.807) is 11.3 Å². The first-order valence-electron chi connectivity index (χ1n) is 21.1. The Kier molecular flexibility index (Phi) is 8.22. The first-order chi connectivity index (χ1) is 31.2. The maximum Gasteiger partial charge on any atom is 0.165 e. The van der Waals surface area contributed by atoms with Gasteiger partial charge in [-0.25, -0.2) is 15.0 Å². The molecular formula is C57H34N4S2. The van der Waals surface area contributed by atoms with Gasteiger partial charge in [-0.1, -0.05) is 164 Å². The highest BCUT2D eigenvalue weighted by atomic mass is 32.1. The van der Waals surface area contributed by atoms with Crippen molar-refractivity contribution < 1.29 is 0 Å². The molecular weight excluding hydrogens is 805 g/mol. The minimum atomic E-state index is 0.641. The number of para-hydroxylation sites is 2. The van der Waals surface area contributed by atoms with Crippen molar-refractivity contribution in [3.63, 3.8) is 0 Å². The van der Waals surface area contributed by atoms with E-state index in [2.05, 4.69) is 193 Å². The van der Waals surface area contributed by atoms with E-state index in [0.717, 1.165) is 38.1 Å². The topological polar surface area (TPSA) is 43.6 Å². The number of thiophene rings is 2. The second-order valence-electron chi connectivity index (χ2n) is 15.9. The SMILES string of the molecule is c1ccc(-c2cccc(-c3cccc4c3sc3c(-c5nc(-c6ccccc6)nc(-c6cccc7sc8ccccc8c67)n5)cc(-n5c6ccccc6c6ccccc65)cc34)c2)cc1. The minimum absolute atomic E-state index is 0.641. The van der Waals surface area contributed by atoms with E-state index >= 15 is 0 Å². The van der Waals surface area contributed by atoms with Crippen LogP contribution in [-0.4, -0.2) is 19.5 Å². The van der Waals surface area contributed by atoms with Crippen LogP contribution in [0.4, 0.5) is 0 Å². The van der Waals surface area contributed by atoms with Crippen LogP contribution in [0.2, 0.25) is 0 Å². The Balaban J connectivity index is 1.12. The number of hydrogen-bond acceptors (Lipinski definition) is 5. The monoisotopic (exact) mass is 838 g/mol. The van der Waals surface area contributed by atoms with Crippen molar-refractivity contribution in [2.75, 3.05) is 0 Å².